The predicted octanol–water partition coefficient (Wildman–Crippen LogP) is 3.11. The molecule has 0 radical (unpaired) electrons. The summed E-state index contributed by atoms with van der Waals surface area (Å²) in [6, 6.07) is 2.07. The van der Waals surface area contributed by atoms with E-state index < -0.39 is 8.07 Å². The molecule has 0 aliphatic heterocycles. The van der Waals surface area contributed by atoms with Gasteiger partial charge in [0.1, 0.15) is 13.9 Å². The predicted molar refractivity (Wildman–Crippen MR) is 81.1 cm³/mol. The van der Waals surface area contributed by atoms with Gasteiger partial charge in [0, 0.05) is 23.7 Å². The van der Waals surface area contributed by atoms with Crippen molar-refractivity contribution in [3.8, 4) is 17.2 Å². The van der Waals surface area contributed by atoms with Crippen LogP contribution in [0.1, 0.15) is 17.1 Å². The molecule has 19 heavy (non-hydrogen) atoms. The fourth-order valence-electron chi connectivity index (χ4n) is 1.83. The zero-order valence-corrected chi connectivity index (χ0v) is 13.2. The number of hydrogen-bond acceptors (Lipinski definition) is 2. The first kappa shape index (κ1) is 13.6. The van der Waals surface area contributed by atoms with E-state index in [1.807, 2.05) is 32.4 Å². The van der Waals surface area contributed by atoms with E-state index in [2.05, 4.69) is 51.7 Å². The number of aryl methyl sites for hydroxylation is 2. The highest BCUT2D eigenvalue weighted by atomic mass is 28.3. The summed E-state index contributed by atoms with van der Waals surface area (Å²) < 4.78 is 2.09. The molecule has 0 N–H and O–H groups in total. The summed E-state index contributed by atoms with van der Waals surface area (Å²) in [6.45, 7) is 10.7. The molecule has 0 aliphatic carbocycles. The van der Waals surface area contributed by atoms with Gasteiger partial charge in [-0.05, 0) is 19.9 Å². The summed E-state index contributed by atoms with van der Waals surface area (Å²) in [6.07, 6.45) is 5.54. The third kappa shape index (κ3) is 3.33. The lowest BCUT2D eigenvalue weighted by molar-refractivity contribution is 0.931. The average Bonchev–Trinajstić information content (AvgIpc) is 2.66. The van der Waals surface area contributed by atoms with E-state index in [1.54, 1.807) is 0 Å². The molecular formula is C15H19N3Si. The van der Waals surface area contributed by atoms with Gasteiger partial charge in [0.05, 0.1) is 11.9 Å². The van der Waals surface area contributed by atoms with Gasteiger partial charge < -0.3 is 0 Å². The minimum absolute atomic E-state index is 0.965. The van der Waals surface area contributed by atoms with E-state index >= 15 is 0 Å². The van der Waals surface area contributed by atoms with E-state index in [4.69, 9.17) is 0 Å². The zero-order chi connectivity index (χ0) is 14.0. The summed E-state index contributed by atoms with van der Waals surface area (Å²) in [7, 11) is -1.35. The van der Waals surface area contributed by atoms with Crippen molar-refractivity contribution in [1.82, 2.24) is 14.5 Å². The quantitative estimate of drug-likeness (QED) is 0.588. The number of aromatic nitrogens is 3. The average molecular weight is 269 g/mol. The molecule has 0 saturated heterocycles. The lowest BCUT2D eigenvalue weighted by Crippen LogP contribution is -2.16. The molecule has 0 atom stereocenters. The van der Waals surface area contributed by atoms with Gasteiger partial charge in [-0.15, -0.1) is 5.54 Å². The molecule has 4 heteroatoms. The number of imidazole rings is 1. The molecule has 0 aliphatic rings. The summed E-state index contributed by atoms with van der Waals surface area (Å²) in [4.78, 5) is 8.60. The first-order valence-electron chi connectivity index (χ1n) is 6.36. The van der Waals surface area contributed by atoms with E-state index in [1.165, 1.54) is 0 Å². The SMILES string of the molecule is Cc1cnc(C)n1-c1cncc(C#C[Si](C)(C)C)c1. The Morgan fingerprint density at radius 2 is 1.84 bits per heavy atom. The highest BCUT2D eigenvalue weighted by Crippen LogP contribution is 2.14. The lowest BCUT2D eigenvalue weighted by atomic mass is 10.2. The van der Waals surface area contributed by atoms with E-state index in [-0.39, 0.29) is 0 Å². The molecule has 2 rings (SSSR count). The van der Waals surface area contributed by atoms with Crippen molar-refractivity contribution < 1.29 is 0 Å². The first-order chi connectivity index (χ1) is 8.87. The third-order valence-corrected chi connectivity index (χ3v) is 3.55. The van der Waals surface area contributed by atoms with Gasteiger partial charge in [0.15, 0.2) is 0 Å². The monoisotopic (exact) mass is 269 g/mol. The molecule has 98 valence electrons. The number of hydrogen-bond donors (Lipinski definition) is 0. The Labute approximate surface area is 115 Å². The smallest absolute Gasteiger partial charge is 0.129 e. The second-order valence-electron chi connectivity index (χ2n) is 5.71. The van der Waals surface area contributed by atoms with Crippen LogP contribution in [0, 0.1) is 25.3 Å². The van der Waals surface area contributed by atoms with Gasteiger partial charge in [-0.1, -0.05) is 25.6 Å². The highest BCUT2D eigenvalue weighted by molar-refractivity contribution is 6.83. The van der Waals surface area contributed by atoms with Crippen molar-refractivity contribution >= 4 is 8.07 Å². The van der Waals surface area contributed by atoms with Gasteiger partial charge in [-0.25, -0.2) is 4.98 Å². The minimum Gasteiger partial charge on any atom is -0.300 e. The van der Waals surface area contributed by atoms with Crippen LogP contribution in [-0.2, 0) is 0 Å². The fraction of sp³-hybridized carbons (Fsp3) is 0.333. The molecule has 0 unspecified atom stereocenters. The van der Waals surface area contributed by atoms with Crippen LogP contribution in [0.15, 0.2) is 24.7 Å². The van der Waals surface area contributed by atoms with Gasteiger partial charge in [0.25, 0.3) is 0 Å². The van der Waals surface area contributed by atoms with Crippen LogP contribution in [0.4, 0.5) is 0 Å². The summed E-state index contributed by atoms with van der Waals surface area (Å²) in [5.74, 6) is 4.21. The second-order valence-corrected chi connectivity index (χ2v) is 10.5. The van der Waals surface area contributed by atoms with Crippen LogP contribution in [-0.4, -0.2) is 22.6 Å². The van der Waals surface area contributed by atoms with E-state index in [0.717, 1.165) is 22.8 Å². The van der Waals surface area contributed by atoms with Crippen LogP contribution in [0.25, 0.3) is 5.69 Å². The summed E-state index contributed by atoms with van der Waals surface area (Å²) in [5, 5.41) is 0. The topological polar surface area (TPSA) is 30.7 Å². The highest BCUT2D eigenvalue weighted by Gasteiger charge is 2.08. The molecule has 2 aromatic rings. The van der Waals surface area contributed by atoms with Crippen LogP contribution < -0.4 is 0 Å². The Hall–Kier alpha value is -1.86. The first-order valence-corrected chi connectivity index (χ1v) is 9.86. The summed E-state index contributed by atoms with van der Waals surface area (Å²) >= 11 is 0. The molecule has 0 aromatic carbocycles. The van der Waals surface area contributed by atoms with Crippen molar-refractivity contribution in [1.29, 1.82) is 0 Å². The zero-order valence-electron chi connectivity index (χ0n) is 12.2. The van der Waals surface area contributed by atoms with Crippen molar-refractivity contribution in [2.45, 2.75) is 33.5 Å². The van der Waals surface area contributed by atoms with Crippen molar-refractivity contribution in [3.05, 3.63) is 41.7 Å². The van der Waals surface area contributed by atoms with Crippen LogP contribution in [0.3, 0.4) is 0 Å². The summed E-state index contributed by atoms with van der Waals surface area (Å²) in [5.41, 5.74) is 6.46. The third-order valence-electron chi connectivity index (χ3n) is 2.68. The van der Waals surface area contributed by atoms with Crippen LogP contribution in [0.2, 0.25) is 19.6 Å². The van der Waals surface area contributed by atoms with Gasteiger partial charge in [-0.2, -0.15) is 0 Å². The van der Waals surface area contributed by atoms with Crippen LogP contribution in [0.5, 0.6) is 0 Å². The Morgan fingerprint density at radius 1 is 1.11 bits per heavy atom. The Balaban J connectivity index is 2.43. The molecule has 0 amide bonds. The normalized spacial score (nSPS) is 11.0. The van der Waals surface area contributed by atoms with Crippen molar-refractivity contribution in [2.75, 3.05) is 0 Å². The maximum Gasteiger partial charge on any atom is 0.129 e. The number of pyridine rings is 1. The second kappa shape index (κ2) is 5.02. The fourth-order valence-corrected chi connectivity index (χ4v) is 2.35. The molecule has 2 aromatic heterocycles. The minimum atomic E-state index is -1.35. The van der Waals surface area contributed by atoms with E-state index in [0.29, 0.717) is 0 Å². The van der Waals surface area contributed by atoms with Crippen molar-refractivity contribution in [2.24, 2.45) is 0 Å². The maximum absolute atomic E-state index is 4.31. The van der Waals surface area contributed by atoms with Gasteiger partial charge in [-0.3, -0.25) is 9.55 Å². The molecule has 2 heterocycles. The molecule has 0 spiro atoms. The molecular weight excluding hydrogens is 250 g/mol. The largest absolute Gasteiger partial charge is 0.300 e. The molecule has 3 nitrogen and oxygen atoms in total. The van der Waals surface area contributed by atoms with Crippen molar-refractivity contribution in [3.63, 3.8) is 0 Å². The Kier molecular flexibility index (Phi) is 3.58. The molecule has 0 bridgehead atoms. The number of rotatable bonds is 1. The standard InChI is InChI=1S/C15H19N3Si/c1-12-9-17-13(2)18(12)15-8-14(10-16-11-15)6-7-19(3,4)5/h8-11H,1-5H3. The van der Waals surface area contributed by atoms with Gasteiger partial charge >= 0.3 is 0 Å². The Morgan fingerprint density at radius 3 is 2.42 bits per heavy atom. The lowest BCUT2D eigenvalue weighted by Gasteiger charge is -2.08. The van der Waals surface area contributed by atoms with Gasteiger partial charge in [0.2, 0.25) is 0 Å². The van der Waals surface area contributed by atoms with Crippen LogP contribution >= 0.6 is 0 Å². The Bertz CT molecular complexity index is 635. The molecule has 0 fully saturated rings. The van der Waals surface area contributed by atoms with E-state index in [9.17, 15) is 0 Å². The number of nitrogens with zero attached hydrogens (tertiary/aromatic N) is 3. The molecule has 0 saturated carbocycles. The maximum atomic E-state index is 4.31.